The summed E-state index contributed by atoms with van der Waals surface area (Å²) in [5.41, 5.74) is 3.58. The Morgan fingerprint density at radius 3 is 2.54 bits per heavy atom. The van der Waals surface area contributed by atoms with Gasteiger partial charge in [-0.1, -0.05) is 6.07 Å². The monoisotopic (exact) mass is 345 g/mol. The first-order valence-corrected chi connectivity index (χ1v) is 8.74. The molecule has 0 amide bonds. The largest absolute Gasteiger partial charge is 0.489 e. The zero-order valence-electron chi connectivity index (χ0n) is 14.3. The van der Waals surface area contributed by atoms with E-state index in [-0.39, 0.29) is 12.2 Å². The van der Waals surface area contributed by atoms with Crippen molar-refractivity contribution in [2.45, 2.75) is 31.8 Å². The maximum Gasteiger partial charge on any atom is 0.168 e. The van der Waals surface area contributed by atoms with Gasteiger partial charge in [-0.2, -0.15) is 0 Å². The van der Waals surface area contributed by atoms with Gasteiger partial charge in [0, 0.05) is 35.1 Å². The van der Waals surface area contributed by atoms with E-state index in [9.17, 15) is 4.79 Å². The third-order valence-corrected chi connectivity index (χ3v) is 4.41. The van der Waals surface area contributed by atoms with Gasteiger partial charge < -0.3 is 4.74 Å². The van der Waals surface area contributed by atoms with Crippen LogP contribution in [0.25, 0.3) is 0 Å². The van der Waals surface area contributed by atoms with Gasteiger partial charge in [-0.3, -0.25) is 9.78 Å². The Bertz CT molecular complexity index is 873. The van der Waals surface area contributed by atoms with Gasteiger partial charge in [-0.25, -0.2) is 9.97 Å². The molecule has 0 radical (unpaired) electrons. The lowest BCUT2D eigenvalue weighted by Gasteiger charge is -2.08. The van der Waals surface area contributed by atoms with Crippen LogP contribution in [0.5, 0.6) is 5.75 Å². The van der Waals surface area contributed by atoms with E-state index in [1.807, 2.05) is 18.3 Å². The molecule has 1 fully saturated rings. The Kier molecular flexibility index (Phi) is 4.69. The minimum absolute atomic E-state index is 0.0233. The summed E-state index contributed by atoms with van der Waals surface area (Å²) < 4.78 is 5.79. The number of nitrogens with zero attached hydrogens (tertiary/aromatic N) is 3. The highest BCUT2D eigenvalue weighted by Crippen LogP contribution is 2.38. The van der Waals surface area contributed by atoms with E-state index < -0.39 is 0 Å². The van der Waals surface area contributed by atoms with Gasteiger partial charge in [0.05, 0.1) is 12.1 Å². The van der Waals surface area contributed by atoms with Gasteiger partial charge in [-0.05, 0) is 49.2 Å². The number of hydrogen-bond acceptors (Lipinski definition) is 5. The molecule has 1 saturated carbocycles. The van der Waals surface area contributed by atoms with E-state index in [1.54, 1.807) is 24.4 Å². The fraction of sp³-hybridized carbons (Fsp3) is 0.238. The van der Waals surface area contributed by atoms with E-state index >= 15 is 0 Å². The summed E-state index contributed by atoms with van der Waals surface area (Å²) in [6.07, 6.45) is 7.75. The minimum Gasteiger partial charge on any atom is -0.489 e. The van der Waals surface area contributed by atoms with Crippen molar-refractivity contribution in [3.63, 3.8) is 0 Å². The average Bonchev–Trinajstić information content (AvgIpc) is 3.53. The van der Waals surface area contributed by atoms with Crippen molar-refractivity contribution in [3.8, 4) is 5.75 Å². The van der Waals surface area contributed by atoms with E-state index in [2.05, 4.69) is 27.1 Å². The molecule has 5 nitrogen and oxygen atoms in total. The summed E-state index contributed by atoms with van der Waals surface area (Å²) in [6.45, 7) is 0.464. The molecule has 5 heteroatoms. The molecular weight excluding hydrogens is 326 g/mol. The zero-order chi connectivity index (χ0) is 17.8. The molecule has 2 aromatic heterocycles. The number of hydrogen-bond donors (Lipinski definition) is 0. The second-order valence-electron chi connectivity index (χ2n) is 6.48. The van der Waals surface area contributed by atoms with E-state index in [1.165, 1.54) is 24.9 Å². The smallest absolute Gasteiger partial charge is 0.168 e. The molecule has 0 saturated heterocycles. The first-order valence-electron chi connectivity index (χ1n) is 8.74. The Hall–Kier alpha value is -3.08. The average molecular weight is 345 g/mol. The molecule has 3 aromatic rings. The fourth-order valence-electron chi connectivity index (χ4n) is 2.73. The number of rotatable bonds is 7. The zero-order valence-corrected chi connectivity index (χ0v) is 14.3. The second-order valence-corrected chi connectivity index (χ2v) is 6.48. The van der Waals surface area contributed by atoms with Crippen molar-refractivity contribution in [2.24, 2.45) is 0 Å². The van der Waals surface area contributed by atoms with Crippen LogP contribution in [0.15, 0.2) is 61.2 Å². The molecular formula is C21H19N3O2. The predicted molar refractivity (Wildman–Crippen MR) is 97.1 cm³/mol. The standard InChI is InChI=1S/C21H19N3O2/c25-21(11-18-9-10-22-14-24-18)17-4-6-19(7-5-17)26-13-15-1-8-20(23-12-15)16-2-3-16/h1,4-10,12,14,16H,2-3,11,13H2. The highest BCUT2D eigenvalue weighted by Gasteiger charge is 2.24. The van der Waals surface area contributed by atoms with Crippen molar-refractivity contribution in [1.82, 2.24) is 15.0 Å². The van der Waals surface area contributed by atoms with Crippen molar-refractivity contribution in [1.29, 1.82) is 0 Å². The lowest BCUT2D eigenvalue weighted by molar-refractivity contribution is 0.0992. The summed E-state index contributed by atoms with van der Waals surface area (Å²) >= 11 is 0. The van der Waals surface area contributed by atoms with Crippen LogP contribution in [0.3, 0.4) is 0 Å². The summed E-state index contributed by atoms with van der Waals surface area (Å²) in [5, 5.41) is 0. The molecule has 130 valence electrons. The number of ether oxygens (including phenoxy) is 1. The number of benzene rings is 1. The van der Waals surface area contributed by atoms with Gasteiger partial charge in [0.1, 0.15) is 18.7 Å². The molecule has 0 aliphatic heterocycles. The van der Waals surface area contributed by atoms with Gasteiger partial charge in [0.2, 0.25) is 0 Å². The van der Waals surface area contributed by atoms with Crippen LogP contribution >= 0.6 is 0 Å². The van der Waals surface area contributed by atoms with Crippen LogP contribution < -0.4 is 4.74 Å². The molecule has 26 heavy (non-hydrogen) atoms. The van der Waals surface area contributed by atoms with Crippen LogP contribution in [0.1, 0.15) is 46.1 Å². The van der Waals surface area contributed by atoms with Crippen LogP contribution in [0, 0.1) is 0 Å². The fourth-order valence-corrected chi connectivity index (χ4v) is 2.73. The predicted octanol–water partition coefficient (Wildman–Crippen LogP) is 3.75. The number of Topliss-reactive ketones (excluding diaryl/α,β-unsaturated/α-hetero) is 1. The topological polar surface area (TPSA) is 65.0 Å². The summed E-state index contributed by atoms with van der Waals surface area (Å²) in [6, 6.07) is 13.1. The van der Waals surface area contributed by atoms with Crippen molar-refractivity contribution >= 4 is 5.78 Å². The third kappa shape index (κ3) is 4.11. The van der Waals surface area contributed by atoms with Gasteiger partial charge in [0.25, 0.3) is 0 Å². The molecule has 0 spiro atoms. The summed E-state index contributed by atoms with van der Waals surface area (Å²) in [7, 11) is 0. The van der Waals surface area contributed by atoms with Gasteiger partial charge in [-0.15, -0.1) is 0 Å². The Morgan fingerprint density at radius 2 is 1.88 bits per heavy atom. The molecule has 0 atom stereocenters. The number of ketones is 1. The molecule has 1 aliphatic rings. The van der Waals surface area contributed by atoms with Crippen molar-refractivity contribution < 1.29 is 9.53 Å². The Morgan fingerprint density at radius 1 is 1.04 bits per heavy atom. The van der Waals surface area contributed by atoms with Gasteiger partial charge >= 0.3 is 0 Å². The van der Waals surface area contributed by atoms with Crippen molar-refractivity contribution in [2.75, 3.05) is 0 Å². The molecule has 0 bridgehead atoms. The Labute approximate surface area is 152 Å². The quantitative estimate of drug-likeness (QED) is 0.610. The number of carbonyl (C=O) groups excluding carboxylic acids is 1. The highest BCUT2D eigenvalue weighted by atomic mass is 16.5. The normalized spacial score (nSPS) is 13.4. The number of aromatic nitrogens is 3. The SMILES string of the molecule is O=C(Cc1ccncn1)c1ccc(OCc2ccc(C3CC3)nc2)cc1. The van der Waals surface area contributed by atoms with Crippen LogP contribution in [0.4, 0.5) is 0 Å². The molecule has 1 aliphatic carbocycles. The van der Waals surface area contributed by atoms with Crippen LogP contribution in [0.2, 0.25) is 0 Å². The molecule has 0 unspecified atom stereocenters. The maximum absolute atomic E-state index is 12.3. The Balaban J connectivity index is 1.32. The minimum atomic E-state index is 0.0233. The third-order valence-electron chi connectivity index (χ3n) is 4.41. The van der Waals surface area contributed by atoms with E-state index in [4.69, 9.17) is 4.74 Å². The first-order chi connectivity index (χ1) is 12.8. The molecule has 4 rings (SSSR count). The maximum atomic E-state index is 12.3. The van der Waals surface area contributed by atoms with Crippen LogP contribution in [-0.4, -0.2) is 20.7 Å². The van der Waals surface area contributed by atoms with E-state index in [0.717, 1.165) is 11.3 Å². The molecule has 0 N–H and O–H groups in total. The van der Waals surface area contributed by atoms with Crippen molar-refractivity contribution in [3.05, 3.63) is 83.7 Å². The first kappa shape index (κ1) is 16.4. The lowest BCUT2D eigenvalue weighted by Crippen LogP contribution is -2.05. The number of pyridine rings is 1. The lowest BCUT2D eigenvalue weighted by atomic mass is 10.1. The highest BCUT2D eigenvalue weighted by molar-refractivity contribution is 5.97. The summed E-state index contributed by atoms with van der Waals surface area (Å²) in [5.74, 6) is 1.42. The molecule has 1 aromatic carbocycles. The van der Waals surface area contributed by atoms with E-state index in [0.29, 0.717) is 23.8 Å². The molecule has 2 heterocycles. The number of carbonyl (C=O) groups is 1. The van der Waals surface area contributed by atoms with Gasteiger partial charge in [0.15, 0.2) is 5.78 Å². The second kappa shape index (κ2) is 7.44. The van der Waals surface area contributed by atoms with Crippen LogP contribution in [-0.2, 0) is 13.0 Å². The summed E-state index contributed by atoms with van der Waals surface area (Å²) in [4.78, 5) is 24.7.